The molecule has 4 aromatic rings. The van der Waals surface area contributed by atoms with E-state index < -0.39 is 71.5 Å². The van der Waals surface area contributed by atoms with Crippen molar-refractivity contribution in [3.8, 4) is 11.1 Å². The molecule has 1 fully saturated rings. The zero-order chi connectivity index (χ0) is 45.7. The van der Waals surface area contributed by atoms with Crippen LogP contribution in [0.3, 0.4) is 0 Å². The van der Waals surface area contributed by atoms with E-state index >= 15 is 0 Å². The molecule has 4 aliphatic rings. The Morgan fingerprint density at radius 2 is 1.20 bits per heavy atom. The van der Waals surface area contributed by atoms with Gasteiger partial charge in [0.05, 0.1) is 5.92 Å². The second kappa shape index (κ2) is 22.2. The van der Waals surface area contributed by atoms with Crippen molar-refractivity contribution in [2.75, 3.05) is 18.4 Å². The molecule has 0 saturated carbocycles. The third-order valence-corrected chi connectivity index (χ3v) is 13.1. The Morgan fingerprint density at radius 3 is 1.82 bits per heavy atom. The molecule has 2 bridgehead atoms. The number of carbonyl (C=O) groups excluding carboxylic acids is 6. The summed E-state index contributed by atoms with van der Waals surface area (Å²) in [5.74, 6) is -4.70. The maximum atomic E-state index is 14.7. The first kappa shape index (κ1) is 46.3. The molecule has 0 aliphatic carbocycles. The van der Waals surface area contributed by atoms with E-state index in [2.05, 4.69) is 26.6 Å². The topological polar surface area (TPSA) is 203 Å². The van der Waals surface area contributed by atoms with E-state index in [1.165, 1.54) is 0 Å². The van der Waals surface area contributed by atoms with Crippen molar-refractivity contribution >= 4 is 58.9 Å². The van der Waals surface area contributed by atoms with Gasteiger partial charge in [0, 0.05) is 56.1 Å². The lowest BCUT2D eigenvalue weighted by molar-refractivity contribution is -0.146. The second-order valence-electron chi connectivity index (χ2n) is 16.7. The molecule has 1 saturated heterocycles. The second-order valence-corrected chi connectivity index (χ2v) is 18.0. The molecule has 4 heterocycles. The lowest BCUT2D eigenvalue weighted by atomic mass is 9.95. The Labute approximate surface area is 382 Å². The number of hydrogen-bond acceptors (Lipinski definition) is 8. The number of anilines is 1. The summed E-state index contributed by atoms with van der Waals surface area (Å²) >= 11 is 1.55. The number of allylic oxidation sites excluding steroid dienone is 1. The van der Waals surface area contributed by atoms with Crippen LogP contribution in [0.2, 0.25) is 0 Å². The highest BCUT2D eigenvalue weighted by Gasteiger charge is 2.35. The van der Waals surface area contributed by atoms with Gasteiger partial charge in [-0.15, -0.1) is 11.8 Å². The van der Waals surface area contributed by atoms with Crippen LogP contribution in [0.5, 0.6) is 0 Å². The number of rotatable bonds is 9. The van der Waals surface area contributed by atoms with E-state index in [4.69, 9.17) is 0 Å². The molecule has 0 spiro atoms. The monoisotopic (exact) mass is 898 g/mol. The first-order chi connectivity index (χ1) is 31.5. The van der Waals surface area contributed by atoms with Gasteiger partial charge in [-0.1, -0.05) is 103 Å². The van der Waals surface area contributed by atoms with E-state index in [0.29, 0.717) is 17.7 Å². The highest BCUT2D eigenvalue weighted by Crippen LogP contribution is 2.28. The van der Waals surface area contributed by atoms with Gasteiger partial charge in [-0.2, -0.15) is 0 Å². The number of carbonyl (C=O) groups is 7. The number of carboxylic acids is 1. The van der Waals surface area contributed by atoms with Gasteiger partial charge >= 0.3 is 5.97 Å². The van der Waals surface area contributed by atoms with Crippen LogP contribution >= 0.6 is 11.8 Å². The largest absolute Gasteiger partial charge is 0.481 e. The number of fused-ring (bicyclic) bond motifs is 18. The standard InChI is InChI=1S/C50H54N6O8S/c57-44-21-22-45(58)52-42(31-39-12-7-27-65-39)48(61)54-41(29-33-13-17-36(18-14-33)35-10-5-2-6-11-35)46(59)53-40(28-32-8-3-1-4-9-32)47(60)55-43(30-34-15-19-38(51-44)20-16-34)49(62)56-25-23-37(24-26-56)50(63)64/h1-11,13-20,27,37,39-43H,12,21-26,28-31H2,(H,51,57)(H,52,58)(H,53,59)(H,54,61)(H,55,60)(H,63,64)/t39?,40-,41+,42-,43+/m1/s1. The van der Waals surface area contributed by atoms with Crippen molar-refractivity contribution in [3.63, 3.8) is 0 Å². The van der Waals surface area contributed by atoms with Crippen LogP contribution in [-0.2, 0) is 52.8 Å². The van der Waals surface area contributed by atoms with Crippen LogP contribution in [0, 0.1) is 5.92 Å². The van der Waals surface area contributed by atoms with Crippen molar-refractivity contribution in [1.82, 2.24) is 26.2 Å². The van der Waals surface area contributed by atoms with Gasteiger partial charge < -0.3 is 36.6 Å². The number of nitrogens with one attached hydrogen (secondary N) is 5. The minimum atomic E-state index is -1.21. The molecule has 0 radical (unpaired) electrons. The maximum Gasteiger partial charge on any atom is 0.306 e. The molecule has 0 aromatic heterocycles. The first-order valence-corrected chi connectivity index (χ1v) is 23.0. The fraction of sp³-hybridized carbons (Fsp3) is 0.340. The van der Waals surface area contributed by atoms with E-state index in [1.54, 1.807) is 40.9 Å². The van der Waals surface area contributed by atoms with Crippen LogP contribution in [0.25, 0.3) is 11.1 Å². The maximum absolute atomic E-state index is 14.7. The summed E-state index contributed by atoms with van der Waals surface area (Å²) in [6, 6.07) is 28.8. The van der Waals surface area contributed by atoms with Crippen molar-refractivity contribution < 1.29 is 38.7 Å². The summed E-state index contributed by atoms with van der Waals surface area (Å²) in [6.45, 7) is 0.388. The Bertz CT molecular complexity index is 2350. The van der Waals surface area contributed by atoms with Crippen molar-refractivity contribution in [2.45, 2.75) is 87.2 Å². The average Bonchev–Trinajstić information content (AvgIpc) is 3.84. The minimum Gasteiger partial charge on any atom is -0.481 e. The third-order valence-electron chi connectivity index (χ3n) is 12.0. The highest BCUT2D eigenvalue weighted by atomic mass is 32.2. The van der Waals surface area contributed by atoms with Gasteiger partial charge in [0.15, 0.2) is 0 Å². The van der Waals surface area contributed by atoms with Gasteiger partial charge in [-0.05, 0) is 71.0 Å². The molecular formula is C50H54N6O8S. The number of carboxylic acid groups (broad SMARTS) is 1. The number of hydrogen-bond donors (Lipinski definition) is 6. The fourth-order valence-corrected chi connectivity index (χ4v) is 9.28. The Hall–Kier alpha value is -6.74. The van der Waals surface area contributed by atoms with Crippen LogP contribution < -0.4 is 26.6 Å². The van der Waals surface area contributed by atoms with E-state index in [-0.39, 0.29) is 69.7 Å². The SMILES string of the molecule is O=C1CCC(=O)N[C@H](CC2CC=CS2)C(=O)N[C@@H](Cc2ccc(-c3ccccc3)cc2)C(=O)N[C@H](Cc2ccccc2)C(=O)N[C@H](C(=O)N2CCC(C(=O)O)CC2)Cc2ccc(cc2)N1. The molecular weight excluding hydrogens is 845 g/mol. The predicted molar refractivity (Wildman–Crippen MR) is 248 cm³/mol. The molecule has 14 nitrogen and oxygen atoms in total. The number of thioether (sulfide) groups is 1. The van der Waals surface area contributed by atoms with Crippen LogP contribution in [0.15, 0.2) is 121 Å². The van der Waals surface area contributed by atoms with Crippen molar-refractivity contribution in [3.05, 3.63) is 137 Å². The summed E-state index contributed by atoms with van der Waals surface area (Å²) in [5, 5.41) is 25.9. The number of benzene rings is 4. The summed E-state index contributed by atoms with van der Waals surface area (Å²) in [4.78, 5) is 97.7. The fourth-order valence-electron chi connectivity index (χ4n) is 8.30. The average molecular weight is 899 g/mol. The molecule has 15 heteroatoms. The number of amides is 6. The zero-order valence-electron chi connectivity index (χ0n) is 35.9. The van der Waals surface area contributed by atoms with Gasteiger partial charge in [-0.25, -0.2) is 0 Å². The molecule has 4 aliphatic heterocycles. The number of aliphatic carboxylic acids is 1. The molecule has 65 heavy (non-hydrogen) atoms. The van der Waals surface area contributed by atoms with E-state index in [0.717, 1.165) is 22.3 Å². The van der Waals surface area contributed by atoms with E-state index in [9.17, 15) is 38.7 Å². The number of likely N-dealkylation sites (tertiary alicyclic amines) is 1. The quantitative estimate of drug-likeness (QED) is 0.128. The summed E-state index contributed by atoms with van der Waals surface area (Å²) in [5.41, 5.74) is 4.55. The minimum absolute atomic E-state index is 0.0113. The summed E-state index contributed by atoms with van der Waals surface area (Å²) in [6.07, 6.45) is 3.27. The van der Waals surface area contributed by atoms with Gasteiger partial charge in [0.25, 0.3) is 0 Å². The molecule has 8 rings (SSSR count). The van der Waals surface area contributed by atoms with Crippen LogP contribution in [0.4, 0.5) is 5.69 Å². The lowest BCUT2D eigenvalue weighted by Gasteiger charge is -2.34. The number of nitrogens with zero attached hydrogens (tertiary/aromatic N) is 1. The van der Waals surface area contributed by atoms with Crippen LogP contribution in [0.1, 0.15) is 55.2 Å². The lowest BCUT2D eigenvalue weighted by Crippen LogP contribution is -2.60. The predicted octanol–water partition coefficient (Wildman–Crippen LogP) is 4.79. The van der Waals surface area contributed by atoms with Crippen molar-refractivity contribution in [1.29, 1.82) is 0 Å². The Balaban J connectivity index is 1.22. The third kappa shape index (κ3) is 13.2. The van der Waals surface area contributed by atoms with Gasteiger partial charge in [0.1, 0.15) is 24.2 Å². The highest BCUT2D eigenvalue weighted by molar-refractivity contribution is 8.03. The molecule has 5 atom stereocenters. The van der Waals surface area contributed by atoms with Gasteiger partial charge in [0.2, 0.25) is 35.4 Å². The molecule has 4 aromatic carbocycles. The molecule has 6 amide bonds. The van der Waals surface area contributed by atoms with Gasteiger partial charge in [-0.3, -0.25) is 33.6 Å². The molecule has 1 unspecified atom stereocenters. The number of piperidine rings is 1. The molecule has 338 valence electrons. The van der Waals surface area contributed by atoms with Crippen LogP contribution in [-0.4, -0.2) is 93.9 Å². The van der Waals surface area contributed by atoms with E-state index in [1.807, 2.05) is 96.4 Å². The Kier molecular flexibility index (Phi) is 15.8. The molecule has 6 N–H and O–H groups in total. The van der Waals surface area contributed by atoms with Crippen molar-refractivity contribution in [2.24, 2.45) is 5.92 Å². The first-order valence-electron chi connectivity index (χ1n) is 22.1. The Morgan fingerprint density at radius 1 is 0.631 bits per heavy atom. The summed E-state index contributed by atoms with van der Waals surface area (Å²) < 4.78 is 0. The smallest absolute Gasteiger partial charge is 0.306 e. The zero-order valence-corrected chi connectivity index (χ0v) is 36.8. The normalized spacial score (nSPS) is 22.7. The summed E-state index contributed by atoms with van der Waals surface area (Å²) in [7, 11) is 0.